The molecule has 0 aliphatic carbocycles. The van der Waals surface area contributed by atoms with Crippen molar-refractivity contribution in [1.29, 1.82) is 5.26 Å². The van der Waals surface area contributed by atoms with Gasteiger partial charge in [0.1, 0.15) is 16.8 Å². The molecule has 0 spiro atoms. The van der Waals surface area contributed by atoms with Crippen molar-refractivity contribution < 1.29 is 22.7 Å². The predicted octanol–water partition coefficient (Wildman–Crippen LogP) is 6.42. The van der Waals surface area contributed by atoms with Crippen LogP contribution >= 0.6 is 23.4 Å². The molecule has 0 atom stereocenters. The molecule has 0 aliphatic heterocycles. The second-order valence-electron chi connectivity index (χ2n) is 6.65. The van der Waals surface area contributed by atoms with E-state index in [2.05, 4.69) is 10.3 Å². The van der Waals surface area contributed by atoms with E-state index in [4.69, 9.17) is 16.3 Å². The number of pyridine rings is 1. The molecule has 10 heteroatoms. The fraction of sp³-hybridized carbons (Fsp3) is 0.174. The highest BCUT2D eigenvalue weighted by Gasteiger charge is 2.36. The molecule has 5 nitrogen and oxygen atoms in total. The van der Waals surface area contributed by atoms with Crippen molar-refractivity contribution in [3.8, 4) is 23.1 Å². The fourth-order valence-corrected chi connectivity index (χ4v) is 3.88. The zero-order valence-corrected chi connectivity index (χ0v) is 18.8. The minimum absolute atomic E-state index is 0.0297. The summed E-state index contributed by atoms with van der Waals surface area (Å²) in [5, 5.41) is 12.3. The van der Waals surface area contributed by atoms with E-state index in [1.165, 1.54) is 6.07 Å². The van der Waals surface area contributed by atoms with Crippen LogP contribution in [0, 0.1) is 11.3 Å². The molecule has 0 aliphatic rings. The molecule has 0 bridgehead atoms. The normalized spacial score (nSPS) is 11.0. The van der Waals surface area contributed by atoms with Crippen molar-refractivity contribution >= 4 is 35.0 Å². The number of carbonyl (C=O) groups excluding carboxylic acids is 1. The third-order valence-corrected chi connectivity index (χ3v) is 5.52. The number of hydrogen-bond acceptors (Lipinski definition) is 5. The van der Waals surface area contributed by atoms with Crippen molar-refractivity contribution in [2.24, 2.45) is 0 Å². The Morgan fingerprint density at radius 1 is 1.21 bits per heavy atom. The minimum atomic E-state index is -4.77. The number of halogens is 4. The lowest BCUT2D eigenvalue weighted by Crippen LogP contribution is -2.15. The van der Waals surface area contributed by atoms with Gasteiger partial charge in [0, 0.05) is 16.3 Å². The molecule has 170 valence electrons. The molecule has 0 saturated carbocycles. The lowest BCUT2D eigenvalue weighted by Gasteiger charge is -2.14. The number of rotatable bonds is 7. The summed E-state index contributed by atoms with van der Waals surface area (Å²) in [4.78, 5) is 16.6. The van der Waals surface area contributed by atoms with Crippen LogP contribution in [0.5, 0.6) is 5.75 Å². The van der Waals surface area contributed by atoms with Crippen molar-refractivity contribution in [2.75, 3.05) is 17.7 Å². The lowest BCUT2D eigenvalue weighted by atomic mass is 10.1. The van der Waals surface area contributed by atoms with Crippen molar-refractivity contribution in [1.82, 2.24) is 4.98 Å². The third kappa shape index (κ3) is 6.40. The molecule has 2 aromatic carbocycles. The standard InChI is InChI=1S/C23H17ClF3N3O2S/c1-2-32-17-8-6-14(7-9-17)20-11-19(23(25,26)27)18(12-28)22(30-20)33-13-21(31)29-16-5-3-4-15(24)10-16/h3-11H,2,13H2,1H3,(H,29,31). The summed E-state index contributed by atoms with van der Waals surface area (Å²) in [7, 11) is 0. The maximum Gasteiger partial charge on any atom is 0.417 e. The first-order valence-electron chi connectivity index (χ1n) is 9.65. The smallest absolute Gasteiger partial charge is 0.417 e. The van der Waals surface area contributed by atoms with Crippen molar-refractivity contribution in [3.63, 3.8) is 0 Å². The molecule has 0 radical (unpaired) electrons. The van der Waals surface area contributed by atoms with Crippen LogP contribution in [0.2, 0.25) is 5.02 Å². The molecule has 33 heavy (non-hydrogen) atoms. The van der Waals surface area contributed by atoms with Crippen LogP contribution in [-0.4, -0.2) is 23.3 Å². The van der Waals surface area contributed by atoms with Crippen LogP contribution in [-0.2, 0) is 11.0 Å². The Kier molecular flexibility index (Phi) is 7.84. The van der Waals surface area contributed by atoms with Crippen LogP contribution in [0.25, 0.3) is 11.3 Å². The number of nitrogens with zero attached hydrogens (tertiary/aromatic N) is 2. The molecule has 0 fully saturated rings. The highest BCUT2D eigenvalue weighted by Crippen LogP contribution is 2.38. The molecule has 1 N–H and O–H groups in total. The Labute approximate surface area is 197 Å². The molecule has 3 rings (SSSR count). The third-order valence-electron chi connectivity index (χ3n) is 4.31. The number of aromatic nitrogens is 1. The largest absolute Gasteiger partial charge is 0.494 e. The van der Waals surface area contributed by atoms with Gasteiger partial charge in [-0.15, -0.1) is 0 Å². The van der Waals surface area contributed by atoms with Gasteiger partial charge in [0.2, 0.25) is 5.91 Å². The number of carbonyl (C=O) groups is 1. The zero-order valence-electron chi connectivity index (χ0n) is 17.2. The molecule has 1 amide bonds. The summed E-state index contributed by atoms with van der Waals surface area (Å²) in [5.74, 6) is -0.163. The van der Waals surface area contributed by atoms with Crippen LogP contribution in [0.15, 0.2) is 59.6 Å². The van der Waals surface area contributed by atoms with Crippen LogP contribution in [0.4, 0.5) is 18.9 Å². The summed E-state index contributed by atoms with van der Waals surface area (Å²) in [6.07, 6.45) is -4.77. The molecular formula is C23H17ClF3N3O2S. The Hall–Kier alpha value is -3.22. The Bertz CT molecular complexity index is 1200. The number of alkyl halides is 3. The van der Waals surface area contributed by atoms with Gasteiger partial charge in [-0.3, -0.25) is 4.79 Å². The molecular weight excluding hydrogens is 475 g/mol. The average Bonchev–Trinajstić information content (AvgIpc) is 2.77. The fourth-order valence-electron chi connectivity index (χ4n) is 2.89. The van der Waals surface area contributed by atoms with Gasteiger partial charge in [-0.05, 0) is 55.5 Å². The molecule has 1 aromatic heterocycles. The first-order valence-corrected chi connectivity index (χ1v) is 11.0. The first kappa shape index (κ1) is 24.4. The lowest BCUT2D eigenvalue weighted by molar-refractivity contribution is -0.138. The van der Waals surface area contributed by atoms with Gasteiger partial charge in [0.25, 0.3) is 0 Å². The maximum absolute atomic E-state index is 13.7. The van der Waals surface area contributed by atoms with Gasteiger partial charge in [0.15, 0.2) is 0 Å². The number of hydrogen-bond donors (Lipinski definition) is 1. The SMILES string of the molecule is CCOc1ccc(-c2cc(C(F)(F)F)c(C#N)c(SCC(=O)Nc3cccc(Cl)c3)n2)cc1. The topological polar surface area (TPSA) is 75.0 Å². The van der Waals surface area contributed by atoms with Gasteiger partial charge in [-0.2, -0.15) is 18.4 Å². The zero-order chi connectivity index (χ0) is 24.0. The van der Waals surface area contributed by atoms with E-state index >= 15 is 0 Å². The van der Waals surface area contributed by atoms with Crippen molar-refractivity contribution in [2.45, 2.75) is 18.1 Å². The Morgan fingerprint density at radius 2 is 1.94 bits per heavy atom. The summed E-state index contributed by atoms with van der Waals surface area (Å²) < 4.78 is 46.5. The number of benzene rings is 2. The number of anilines is 1. The number of nitrogens with one attached hydrogen (secondary N) is 1. The predicted molar refractivity (Wildman–Crippen MR) is 121 cm³/mol. The van der Waals surface area contributed by atoms with E-state index in [-0.39, 0.29) is 16.5 Å². The number of nitriles is 1. The minimum Gasteiger partial charge on any atom is -0.494 e. The van der Waals surface area contributed by atoms with Gasteiger partial charge in [-0.25, -0.2) is 4.98 Å². The van der Waals surface area contributed by atoms with E-state index < -0.39 is 23.2 Å². The summed E-state index contributed by atoms with van der Waals surface area (Å²) in [5.41, 5.74) is -0.846. The molecule has 0 saturated heterocycles. The Morgan fingerprint density at radius 3 is 2.55 bits per heavy atom. The number of amides is 1. The first-order chi connectivity index (χ1) is 15.7. The monoisotopic (exact) mass is 491 g/mol. The van der Waals surface area contributed by atoms with Crippen LogP contribution in [0.3, 0.4) is 0 Å². The van der Waals surface area contributed by atoms with Gasteiger partial charge < -0.3 is 10.1 Å². The average molecular weight is 492 g/mol. The van der Waals surface area contributed by atoms with Crippen molar-refractivity contribution in [3.05, 3.63) is 70.7 Å². The summed E-state index contributed by atoms with van der Waals surface area (Å²) in [6.45, 7) is 2.27. The molecule has 3 aromatic rings. The Balaban J connectivity index is 1.91. The quantitative estimate of drug-likeness (QED) is 0.386. The summed E-state index contributed by atoms with van der Waals surface area (Å²) in [6, 6.07) is 15.3. The second-order valence-corrected chi connectivity index (χ2v) is 8.05. The van der Waals surface area contributed by atoms with Gasteiger partial charge >= 0.3 is 6.18 Å². The van der Waals surface area contributed by atoms with Gasteiger partial charge in [0.05, 0.1) is 29.2 Å². The highest BCUT2D eigenvalue weighted by molar-refractivity contribution is 8.00. The van der Waals surface area contributed by atoms with Gasteiger partial charge in [-0.1, -0.05) is 29.4 Å². The maximum atomic E-state index is 13.7. The molecule has 1 heterocycles. The van der Waals surface area contributed by atoms with E-state index in [0.29, 0.717) is 28.6 Å². The van der Waals surface area contributed by atoms with Crippen LogP contribution < -0.4 is 10.1 Å². The van der Waals surface area contributed by atoms with E-state index in [1.54, 1.807) is 48.5 Å². The summed E-state index contributed by atoms with van der Waals surface area (Å²) >= 11 is 6.64. The highest BCUT2D eigenvalue weighted by atomic mass is 35.5. The van der Waals surface area contributed by atoms with E-state index in [0.717, 1.165) is 17.8 Å². The molecule has 0 unspecified atom stereocenters. The number of thioether (sulfide) groups is 1. The van der Waals surface area contributed by atoms with E-state index in [9.17, 15) is 23.2 Å². The van der Waals surface area contributed by atoms with E-state index in [1.807, 2.05) is 6.92 Å². The second kappa shape index (κ2) is 10.6. The number of ether oxygens (including phenoxy) is 1. The van der Waals surface area contributed by atoms with Crippen LogP contribution in [0.1, 0.15) is 18.1 Å².